The molecule has 1 saturated heterocycles. The van der Waals surface area contributed by atoms with Crippen LogP contribution in [0.25, 0.3) is 0 Å². The molecule has 1 aliphatic rings. The van der Waals surface area contributed by atoms with Gasteiger partial charge in [-0.1, -0.05) is 26.0 Å². The maximum Gasteiger partial charge on any atom is 0.0314 e. The minimum absolute atomic E-state index is 0.713. The van der Waals surface area contributed by atoms with E-state index in [1.165, 1.54) is 24.6 Å². The molecule has 2 nitrogen and oxygen atoms in total. The fourth-order valence-electron chi connectivity index (χ4n) is 2.13. The van der Waals surface area contributed by atoms with Crippen LogP contribution in [0.3, 0.4) is 0 Å². The molecule has 1 aromatic carbocycles. The summed E-state index contributed by atoms with van der Waals surface area (Å²) in [5.41, 5.74) is 7.95. The quantitative estimate of drug-likeness (QED) is 0.764. The largest absolute Gasteiger partial charge is 0.399 e. The normalized spacial score (nSPS) is 18.1. The van der Waals surface area contributed by atoms with E-state index in [2.05, 4.69) is 30.9 Å². The fraction of sp³-hybridized carbons (Fsp3) is 0.462. The molecule has 1 fully saturated rings. The molecule has 2 N–H and O–H groups in total. The Morgan fingerprint density at radius 3 is 2.40 bits per heavy atom. The minimum atomic E-state index is 0.713. The minimum Gasteiger partial charge on any atom is -0.399 e. The Morgan fingerprint density at radius 2 is 1.87 bits per heavy atom. The molecule has 0 amide bonds. The number of benzene rings is 1. The van der Waals surface area contributed by atoms with Crippen molar-refractivity contribution in [3.05, 3.63) is 35.7 Å². The van der Waals surface area contributed by atoms with Crippen molar-refractivity contribution >= 4 is 5.69 Å². The molecule has 0 unspecified atom stereocenters. The summed E-state index contributed by atoms with van der Waals surface area (Å²) >= 11 is 0. The van der Waals surface area contributed by atoms with Crippen molar-refractivity contribution in [3.8, 4) is 0 Å². The third kappa shape index (κ3) is 2.51. The van der Waals surface area contributed by atoms with Crippen molar-refractivity contribution in [2.24, 2.45) is 0 Å². The Labute approximate surface area is 92.1 Å². The molecule has 0 saturated carbocycles. The summed E-state index contributed by atoms with van der Waals surface area (Å²) in [4.78, 5) is 2.48. The van der Waals surface area contributed by atoms with Gasteiger partial charge in [0.2, 0.25) is 0 Å². The lowest BCUT2D eigenvalue weighted by atomic mass is 9.90. The summed E-state index contributed by atoms with van der Waals surface area (Å²) in [5, 5.41) is 0. The second-order valence-electron chi connectivity index (χ2n) is 4.76. The molecule has 0 aromatic heterocycles. The molecule has 1 aromatic rings. The van der Waals surface area contributed by atoms with E-state index in [-0.39, 0.29) is 0 Å². The summed E-state index contributed by atoms with van der Waals surface area (Å²) < 4.78 is 0. The Kier molecular flexibility index (Phi) is 2.96. The van der Waals surface area contributed by atoms with Crippen LogP contribution < -0.4 is 5.73 Å². The van der Waals surface area contributed by atoms with E-state index in [0.29, 0.717) is 5.92 Å². The van der Waals surface area contributed by atoms with Crippen LogP contribution in [0.5, 0.6) is 0 Å². The van der Waals surface area contributed by atoms with Gasteiger partial charge in [0.1, 0.15) is 0 Å². The van der Waals surface area contributed by atoms with E-state index < -0.39 is 0 Å². The van der Waals surface area contributed by atoms with Crippen molar-refractivity contribution < 1.29 is 0 Å². The van der Waals surface area contributed by atoms with Crippen LogP contribution in [0.2, 0.25) is 0 Å². The van der Waals surface area contributed by atoms with Gasteiger partial charge < -0.3 is 10.6 Å². The Hall–Kier alpha value is -1.02. The molecule has 1 heterocycles. The van der Waals surface area contributed by atoms with Crippen molar-refractivity contribution in [2.75, 3.05) is 25.4 Å². The molecule has 1 aliphatic heterocycles. The van der Waals surface area contributed by atoms with Gasteiger partial charge in [0, 0.05) is 31.2 Å². The summed E-state index contributed by atoms with van der Waals surface area (Å²) in [6, 6.07) is 8.30. The number of hydrogen-bond acceptors (Lipinski definition) is 2. The van der Waals surface area contributed by atoms with E-state index in [1.807, 2.05) is 12.1 Å². The van der Waals surface area contributed by atoms with Crippen molar-refractivity contribution in [3.63, 3.8) is 0 Å². The second-order valence-corrected chi connectivity index (χ2v) is 4.76. The second kappa shape index (κ2) is 4.23. The predicted octanol–water partition coefficient (Wildman–Crippen LogP) is 2.28. The average Bonchev–Trinajstić information content (AvgIpc) is 2.12. The Balaban J connectivity index is 1.86. The van der Waals surface area contributed by atoms with Crippen LogP contribution in [0.15, 0.2) is 24.3 Å². The highest BCUT2D eigenvalue weighted by molar-refractivity contribution is 5.40. The standard InChI is InChI=1S/C13H19N2/c1-10(2)7-15-8-12(9-15)11-3-5-13(14)6-4-11/h3-6,12H,7-9,14H2,1-2H3. The first-order chi connectivity index (χ1) is 7.15. The number of rotatable bonds is 3. The number of nitrogen functional groups attached to an aromatic ring is 1. The van der Waals surface area contributed by atoms with Crippen LogP contribution in [0.1, 0.15) is 25.3 Å². The average molecular weight is 203 g/mol. The Morgan fingerprint density at radius 1 is 1.27 bits per heavy atom. The van der Waals surface area contributed by atoms with Gasteiger partial charge in [-0.25, -0.2) is 0 Å². The summed E-state index contributed by atoms with van der Waals surface area (Å²) in [5.74, 6) is 2.20. The first-order valence-corrected chi connectivity index (χ1v) is 5.52. The van der Waals surface area contributed by atoms with E-state index >= 15 is 0 Å². The van der Waals surface area contributed by atoms with E-state index in [1.54, 1.807) is 0 Å². The maximum absolute atomic E-state index is 5.67. The molecule has 2 rings (SSSR count). The molecular weight excluding hydrogens is 184 g/mol. The first-order valence-electron chi connectivity index (χ1n) is 5.52. The van der Waals surface area contributed by atoms with E-state index in [4.69, 9.17) is 5.73 Å². The third-order valence-corrected chi connectivity index (χ3v) is 2.90. The molecule has 0 atom stereocenters. The van der Waals surface area contributed by atoms with E-state index in [0.717, 1.165) is 12.2 Å². The first kappa shape index (κ1) is 10.5. The summed E-state index contributed by atoms with van der Waals surface area (Å²) in [6.45, 7) is 7.91. The lowest BCUT2D eigenvalue weighted by molar-refractivity contribution is 0.155. The van der Waals surface area contributed by atoms with Gasteiger partial charge >= 0.3 is 0 Å². The number of nitrogens with two attached hydrogens (primary N) is 1. The molecule has 1 radical (unpaired) electrons. The summed E-state index contributed by atoms with van der Waals surface area (Å²) in [7, 11) is 0. The molecule has 81 valence electrons. The molecule has 0 aliphatic carbocycles. The van der Waals surface area contributed by atoms with Gasteiger partial charge in [0.05, 0.1) is 0 Å². The predicted molar refractivity (Wildman–Crippen MR) is 64.6 cm³/mol. The molecular formula is C13H19N2. The van der Waals surface area contributed by atoms with Gasteiger partial charge in [0.25, 0.3) is 0 Å². The fourth-order valence-corrected chi connectivity index (χ4v) is 2.13. The molecule has 0 spiro atoms. The van der Waals surface area contributed by atoms with Gasteiger partial charge in [-0.05, 0) is 23.6 Å². The smallest absolute Gasteiger partial charge is 0.0314 e. The SMILES string of the molecule is C[C](C)CN1CC(c2ccc(N)cc2)C1. The van der Waals surface area contributed by atoms with Gasteiger partial charge in [0.15, 0.2) is 0 Å². The van der Waals surface area contributed by atoms with Crippen molar-refractivity contribution in [1.82, 2.24) is 4.90 Å². The van der Waals surface area contributed by atoms with Crippen LogP contribution >= 0.6 is 0 Å². The lowest BCUT2D eigenvalue weighted by Gasteiger charge is -2.40. The highest BCUT2D eigenvalue weighted by Crippen LogP contribution is 2.28. The van der Waals surface area contributed by atoms with Crippen LogP contribution in [-0.2, 0) is 0 Å². The highest BCUT2D eigenvalue weighted by atomic mass is 15.2. The van der Waals surface area contributed by atoms with Gasteiger partial charge in [-0.15, -0.1) is 0 Å². The number of nitrogens with zero attached hydrogens (tertiary/aromatic N) is 1. The topological polar surface area (TPSA) is 29.3 Å². The monoisotopic (exact) mass is 203 g/mol. The number of likely N-dealkylation sites (tertiary alicyclic amines) is 1. The lowest BCUT2D eigenvalue weighted by Crippen LogP contribution is -2.46. The zero-order chi connectivity index (χ0) is 10.8. The zero-order valence-corrected chi connectivity index (χ0v) is 9.53. The Bertz CT molecular complexity index is 310. The van der Waals surface area contributed by atoms with Gasteiger partial charge in [-0.2, -0.15) is 0 Å². The summed E-state index contributed by atoms with van der Waals surface area (Å²) in [6.07, 6.45) is 0. The maximum atomic E-state index is 5.67. The highest BCUT2D eigenvalue weighted by Gasteiger charge is 2.27. The third-order valence-electron chi connectivity index (χ3n) is 2.90. The van der Waals surface area contributed by atoms with Crippen LogP contribution in [0.4, 0.5) is 5.69 Å². The van der Waals surface area contributed by atoms with Crippen molar-refractivity contribution in [1.29, 1.82) is 0 Å². The van der Waals surface area contributed by atoms with Gasteiger partial charge in [-0.3, -0.25) is 0 Å². The molecule has 2 heteroatoms. The molecule has 15 heavy (non-hydrogen) atoms. The van der Waals surface area contributed by atoms with E-state index in [9.17, 15) is 0 Å². The number of hydrogen-bond donors (Lipinski definition) is 1. The molecule has 0 bridgehead atoms. The zero-order valence-electron chi connectivity index (χ0n) is 9.53. The number of anilines is 1. The van der Waals surface area contributed by atoms with Crippen molar-refractivity contribution in [2.45, 2.75) is 19.8 Å². The van der Waals surface area contributed by atoms with Crippen LogP contribution in [-0.4, -0.2) is 24.5 Å². The van der Waals surface area contributed by atoms with Crippen LogP contribution in [0, 0.1) is 5.92 Å².